The third-order valence-corrected chi connectivity index (χ3v) is 10.1. The number of nitrogens with zero attached hydrogens (tertiary/aromatic N) is 1. The minimum atomic E-state index is -0.879. The fraction of sp³-hybridized carbons (Fsp3) is 0.848. The number of hydrogen-bond acceptors (Lipinski definition) is 6. The van der Waals surface area contributed by atoms with Crippen molar-refractivity contribution in [2.24, 2.45) is 0 Å². The zero-order valence-corrected chi connectivity index (χ0v) is 35.9. The van der Waals surface area contributed by atoms with E-state index in [2.05, 4.69) is 38.2 Å². The number of carbonyl (C=O) groups excluding carboxylic acids is 2. The van der Waals surface area contributed by atoms with Crippen LogP contribution in [0.15, 0.2) is 24.3 Å². The molecule has 0 saturated heterocycles. The predicted octanol–water partition coefficient (Wildman–Crippen LogP) is 12.1. The lowest BCUT2D eigenvalue weighted by Gasteiger charge is -2.31. The quantitative estimate of drug-likeness (QED) is 0.0287. The summed E-state index contributed by atoms with van der Waals surface area (Å²) in [6.45, 7) is 4.68. The number of hydrogen-bond donors (Lipinski definition) is 1. The zero-order chi connectivity index (χ0) is 40.0. The molecular formula is C46H86NO7+. The molecule has 8 nitrogen and oxygen atoms in total. The summed E-state index contributed by atoms with van der Waals surface area (Å²) in [4.78, 5) is 36.8. The number of unbranched alkanes of at least 4 members (excludes halogenated alkanes) is 22. The maximum absolute atomic E-state index is 12.6. The normalized spacial score (nSPS) is 13.1. The number of carbonyl (C=O) groups is 3. The SMILES string of the molecule is CCCCCC/C=C/CCCC(=O)OC(COCCC(C(=O)O)[N+](C)(C)C)COC(=O)CCCCCCCCC/C=C/CCCCCCCCCCCC. The minimum Gasteiger partial charge on any atom is -0.477 e. The molecule has 2 unspecified atom stereocenters. The van der Waals surface area contributed by atoms with Crippen LogP contribution in [0.25, 0.3) is 0 Å². The Kier molecular flexibility index (Phi) is 36.2. The van der Waals surface area contributed by atoms with E-state index in [1.165, 1.54) is 128 Å². The van der Waals surface area contributed by atoms with Crippen LogP contribution in [0.1, 0.15) is 200 Å². The predicted molar refractivity (Wildman–Crippen MR) is 225 cm³/mol. The molecule has 0 rings (SSSR count). The van der Waals surface area contributed by atoms with Gasteiger partial charge in [-0.3, -0.25) is 9.59 Å². The largest absolute Gasteiger partial charge is 0.477 e. The van der Waals surface area contributed by atoms with Crippen molar-refractivity contribution in [2.45, 2.75) is 212 Å². The van der Waals surface area contributed by atoms with Crippen molar-refractivity contribution in [3.05, 3.63) is 24.3 Å². The number of quaternary nitrogens is 1. The number of esters is 2. The Bertz CT molecular complexity index is 942. The third kappa shape index (κ3) is 35.5. The highest BCUT2D eigenvalue weighted by molar-refractivity contribution is 5.72. The van der Waals surface area contributed by atoms with Crippen LogP contribution in [0.3, 0.4) is 0 Å². The molecule has 0 aromatic heterocycles. The first kappa shape index (κ1) is 51.8. The smallest absolute Gasteiger partial charge is 0.362 e. The lowest BCUT2D eigenvalue weighted by molar-refractivity contribution is -0.887. The molecule has 8 heteroatoms. The van der Waals surface area contributed by atoms with E-state index in [4.69, 9.17) is 14.2 Å². The fourth-order valence-corrected chi connectivity index (χ4v) is 6.56. The van der Waals surface area contributed by atoms with Gasteiger partial charge in [-0.15, -0.1) is 0 Å². The van der Waals surface area contributed by atoms with Gasteiger partial charge in [0.2, 0.25) is 0 Å². The van der Waals surface area contributed by atoms with E-state index in [9.17, 15) is 19.5 Å². The van der Waals surface area contributed by atoms with Gasteiger partial charge in [0.15, 0.2) is 12.1 Å². The lowest BCUT2D eigenvalue weighted by atomic mass is 10.1. The van der Waals surface area contributed by atoms with Gasteiger partial charge in [0.1, 0.15) is 6.61 Å². The van der Waals surface area contributed by atoms with Crippen molar-refractivity contribution in [3.63, 3.8) is 0 Å². The average molecular weight is 765 g/mol. The number of likely N-dealkylation sites (N-methyl/N-ethyl adjacent to an activating group) is 1. The summed E-state index contributed by atoms with van der Waals surface area (Å²) in [7, 11) is 5.51. The molecule has 0 spiro atoms. The highest BCUT2D eigenvalue weighted by Gasteiger charge is 2.31. The average Bonchev–Trinajstić information content (AvgIpc) is 3.12. The molecule has 0 aliphatic rings. The number of aliphatic carboxylic acids is 1. The van der Waals surface area contributed by atoms with E-state index in [1.807, 2.05) is 21.1 Å². The number of rotatable bonds is 40. The maximum Gasteiger partial charge on any atom is 0.362 e. The fourth-order valence-electron chi connectivity index (χ4n) is 6.56. The zero-order valence-electron chi connectivity index (χ0n) is 35.9. The summed E-state index contributed by atoms with van der Waals surface area (Å²) in [6, 6.07) is -0.616. The highest BCUT2D eigenvalue weighted by atomic mass is 16.6. The molecule has 0 radical (unpaired) electrons. The van der Waals surface area contributed by atoms with E-state index in [-0.39, 0.29) is 42.7 Å². The molecule has 0 aliphatic heterocycles. The maximum atomic E-state index is 12.6. The molecule has 1 N–H and O–H groups in total. The Morgan fingerprint density at radius 2 is 0.944 bits per heavy atom. The molecule has 54 heavy (non-hydrogen) atoms. The van der Waals surface area contributed by atoms with Crippen molar-refractivity contribution in [2.75, 3.05) is 41.0 Å². The van der Waals surface area contributed by atoms with Crippen molar-refractivity contribution in [1.29, 1.82) is 0 Å². The molecule has 2 atom stereocenters. The van der Waals surface area contributed by atoms with Crippen molar-refractivity contribution < 1.29 is 38.2 Å². The van der Waals surface area contributed by atoms with Crippen molar-refractivity contribution >= 4 is 17.9 Å². The third-order valence-electron chi connectivity index (χ3n) is 10.1. The van der Waals surface area contributed by atoms with Crippen molar-refractivity contribution in [1.82, 2.24) is 0 Å². The summed E-state index contributed by atoms with van der Waals surface area (Å²) >= 11 is 0. The van der Waals surface area contributed by atoms with E-state index < -0.39 is 18.1 Å². The van der Waals surface area contributed by atoms with Gasteiger partial charge in [0, 0.05) is 19.3 Å². The molecule has 0 heterocycles. The van der Waals surface area contributed by atoms with Crippen LogP contribution in [-0.4, -0.2) is 80.6 Å². The standard InChI is InChI=1S/C46H85NO7/c1-6-8-10-12-14-16-17-18-19-20-21-22-23-24-25-26-27-29-30-32-34-36-44(48)53-41-42(40-52-39-38-43(46(50)51)47(3,4)5)54-45(49)37-35-33-31-28-15-13-11-9-7-2/h22-23,28,31,42-43H,6-21,24-27,29-30,32-41H2,1-5H3/p+1/b23-22+,31-28+. The summed E-state index contributed by atoms with van der Waals surface area (Å²) in [6.07, 6.45) is 41.0. The van der Waals surface area contributed by atoms with Gasteiger partial charge >= 0.3 is 17.9 Å². The van der Waals surface area contributed by atoms with Gasteiger partial charge in [0.05, 0.1) is 34.4 Å². The summed E-state index contributed by atoms with van der Waals surface area (Å²) in [5.41, 5.74) is 0. The number of allylic oxidation sites excluding steroid dienone is 4. The van der Waals surface area contributed by atoms with Gasteiger partial charge < -0.3 is 23.8 Å². The number of carboxylic acids is 1. The summed E-state index contributed by atoms with van der Waals surface area (Å²) < 4.78 is 17.2. The van der Waals surface area contributed by atoms with Crippen LogP contribution >= 0.6 is 0 Å². The summed E-state index contributed by atoms with van der Waals surface area (Å²) in [5.74, 6) is -1.51. The van der Waals surface area contributed by atoms with Gasteiger partial charge in [-0.2, -0.15) is 0 Å². The Morgan fingerprint density at radius 3 is 1.41 bits per heavy atom. The van der Waals surface area contributed by atoms with E-state index >= 15 is 0 Å². The van der Waals surface area contributed by atoms with Crippen LogP contribution in [0.4, 0.5) is 0 Å². The molecule has 0 saturated carbocycles. The second-order valence-electron chi connectivity index (χ2n) is 16.3. The van der Waals surface area contributed by atoms with E-state index in [0.29, 0.717) is 19.3 Å². The monoisotopic (exact) mass is 765 g/mol. The Balaban J connectivity index is 4.21. The first-order valence-electron chi connectivity index (χ1n) is 22.4. The summed E-state index contributed by atoms with van der Waals surface area (Å²) in [5, 5.41) is 9.59. The number of ether oxygens (including phenoxy) is 3. The highest BCUT2D eigenvalue weighted by Crippen LogP contribution is 2.14. The topological polar surface area (TPSA) is 99.1 Å². The molecule has 0 bridgehead atoms. The molecule has 0 aliphatic carbocycles. The van der Waals surface area contributed by atoms with Crippen molar-refractivity contribution in [3.8, 4) is 0 Å². The van der Waals surface area contributed by atoms with Gasteiger partial charge in [0.25, 0.3) is 0 Å². The molecule has 316 valence electrons. The van der Waals surface area contributed by atoms with Gasteiger partial charge in [-0.05, 0) is 57.8 Å². The first-order valence-corrected chi connectivity index (χ1v) is 22.4. The molecule has 0 amide bonds. The van der Waals surface area contributed by atoms with Crippen LogP contribution < -0.4 is 0 Å². The van der Waals surface area contributed by atoms with E-state index in [0.717, 1.165) is 32.1 Å². The molecule has 0 aromatic rings. The van der Waals surface area contributed by atoms with Gasteiger partial charge in [-0.1, -0.05) is 147 Å². The first-order chi connectivity index (χ1) is 26.1. The Labute approximate surface area is 332 Å². The van der Waals surface area contributed by atoms with Crippen LogP contribution in [0.2, 0.25) is 0 Å². The minimum absolute atomic E-state index is 0.0509. The molecule has 0 aromatic carbocycles. The Hall–Kier alpha value is -2.19. The lowest BCUT2D eigenvalue weighted by Crippen LogP contribution is -2.50. The number of carboxylic acid groups (broad SMARTS) is 1. The van der Waals surface area contributed by atoms with E-state index in [1.54, 1.807) is 0 Å². The second-order valence-corrected chi connectivity index (χ2v) is 16.3. The van der Waals surface area contributed by atoms with Crippen LogP contribution in [0, 0.1) is 0 Å². The van der Waals surface area contributed by atoms with Crippen LogP contribution in [0.5, 0.6) is 0 Å². The second kappa shape index (κ2) is 37.7. The molecular weight excluding hydrogens is 679 g/mol. The van der Waals surface area contributed by atoms with Gasteiger partial charge in [-0.25, -0.2) is 4.79 Å². The van der Waals surface area contributed by atoms with Crippen LogP contribution in [-0.2, 0) is 28.6 Å². The molecule has 0 fully saturated rings. The Morgan fingerprint density at radius 1 is 0.537 bits per heavy atom.